The maximum absolute atomic E-state index is 6.83. The molecule has 0 radical (unpaired) electrons. The predicted molar refractivity (Wildman–Crippen MR) is 218 cm³/mol. The largest absolute Gasteiger partial charge is 0.454 e. The van der Waals surface area contributed by atoms with Crippen molar-refractivity contribution in [3.63, 3.8) is 0 Å². The fraction of sp³-hybridized carbons (Fsp3) is 0. The van der Waals surface area contributed by atoms with Crippen molar-refractivity contribution in [2.75, 3.05) is 4.90 Å². The minimum atomic E-state index is 0.867. The Bertz CT molecular complexity index is 2840. The van der Waals surface area contributed by atoms with E-state index in [0.717, 1.165) is 44.6 Å². The molecule has 10 rings (SSSR count). The van der Waals surface area contributed by atoms with Crippen molar-refractivity contribution in [3.05, 3.63) is 188 Å². The Morgan fingerprint density at radius 3 is 1.67 bits per heavy atom. The zero-order chi connectivity index (χ0) is 33.7. The van der Waals surface area contributed by atoms with Gasteiger partial charge in [-0.15, -0.1) is 11.3 Å². The molecule has 240 valence electrons. The summed E-state index contributed by atoms with van der Waals surface area (Å²) < 4.78 is 9.39. The smallest absolute Gasteiger partial charge is 0.160 e. The predicted octanol–water partition coefficient (Wildman–Crippen LogP) is 14.4. The number of furan rings is 1. The molecule has 0 atom stereocenters. The van der Waals surface area contributed by atoms with Crippen molar-refractivity contribution in [1.29, 1.82) is 0 Å². The fourth-order valence-corrected chi connectivity index (χ4v) is 8.49. The molecule has 51 heavy (non-hydrogen) atoms. The van der Waals surface area contributed by atoms with Crippen molar-refractivity contribution < 1.29 is 4.42 Å². The van der Waals surface area contributed by atoms with Crippen LogP contribution >= 0.6 is 11.3 Å². The summed E-state index contributed by atoms with van der Waals surface area (Å²) in [6.07, 6.45) is 0. The van der Waals surface area contributed by atoms with Crippen LogP contribution in [0.3, 0.4) is 0 Å². The van der Waals surface area contributed by atoms with Crippen molar-refractivity contribution in [2.45, 2.75) is 0 Å². The van der Waals surface area contributed by atoms with E-state index < -0.39 is 0 Å². The van der Waals surface area contributed by atoms with Crippen molar-refractivity contribution in [1.82, 2.24) is 0 Å². The monoisotopic (exact) mass is 669 g/mol. The van der Waals surface area contributed by atoms with E-state index in [1.165, 1.54) is 48.0 Å². The standard InChI is InChI=1S/C48H31NOS/c1-4-12-32(13-5-1)34-20-23-37(24-21-34)49(38-25-29-46-42(31-38)41-30-36(22-28-45(41)51-46)33-14-6-2-7-15-33)43-27-26-39(35-16-8-3-9-17-35)47-40-18-10-11-19-44(40)50-48(43)47/h1-31H. The Balaban J connectivity index is 1.21. The van der Waals surface area contributed by atoms with Gasteiger partial charge < -0.3 is 9.32 Å². The third-order valence-corrected chi connectivity index (χ3v) is 11.0. The average molecular weight is 670 g/mol. The van der Waals surface area contributed by atoms with E-state index in [1.54, 1.807) is 0 Å². The van der Waals surface area contributed by atoms with Crippen LogP contribution in [0.5, 0.6) is 0 Å². The van der Waals surface area contributed by atoms with E-state index in [4.69, 9.17) is 4.42 Å². The lowest BCUT2D eigenvalue weighted by atomic mass is 9.98. The molecule has 0 saturated heterocycles. The molecule has 0 aliphatic rings. The molecule has 0 fully saturated rings. The van der Waals surface area contributed by atoms with Crippen LogP contribution in [0.1, 0.15) is 0 Å². The minimum absolute atomic E-state index is 0.867. The molecule has 3 heteroatoms. The highest BCUT2D eigenvalue weighted by Gasteiger charge is 2.23. The van der Waals surface area contributed by atoms with Crippen molar-refractivity contribution in [3.8, 4) is 33.4 Å². The van der Waals surface area contributed by atoms with E-state index in [1.807, 2.05) is 17.4 Å². The van der Waals surface area contributed by atoms with E-state index in [-0.39, 0.29) is 0 Å². The molecule has 2 nitrogen and oxygen atoms in total. The van der Waals surface area contributed by atoms with Gasteiger partial charge in [0.15, 0.2) is 5.58 Å². The summed E-state index contributed by atoms with van der Waals surface area (Å²) in [6.45, 7) is 0. The first kappa shape index (κ1) is 29.5. The lowest BCUT2D eigenvalue weighted by Crippen LogP contribution is -2.10. The Hall–Kier alpha value is -6.42. The van der Waals surface area contributed by atoms with Gasteiger partial charge in [-0.25, -0.2) is 0 Å². The Kier molecular flexibility index (Phi) is 7.04. The summed E-state index contributed by atoms with van der Waals surface area (Å²) in [6, 6.07) is 67.3. The van der Waals surface area contributed by atoms with Crippen LogP contribution in [0.4, 0.5) is 17.1 Å². The molecule has 0 bridgehead atoms. The summed E-state index contributed by atoms with van der Waals surface area (Å²) >= 11 is 1.85. The maximum atomic E-state index is 6.83. The van der Waals surface area contributed by atoms with E-state index in [2.05, 4.69) is 187 Å². The van der Waals surface area contributed by atoms with Gasteiger partial charge in [0.05, 0.1) is 5.69 Å². The highest BCUT2D eigenvalue weighted by Crippen LogP contribution is 2.47. The number of para-hydroxylation sites is 1. The number of hydrogen-bond acceptors (Lipinski definition) is 3. The molecule has 10 aromatic rings. The zero-order valence-corrected chi connectivity index (χ0v) is 28.5. The lowest BCUT2D eigenvalue weighted by molar-refractivity contribution is 0.669. The van der Waals surface area contributed by atoms with Crippen LogP contribution in [0.2, 0.25) is 0 Å². The quantitative estimate of drug-likeness (QED) is 0.175. The number of rotatable bonds is 6. The fourth-order valence-electron chi connectivity index (χ4n) is 7.42. The SMILES string of the molecule is c1ccc(-c2ccc(N(c3ccc4sc5ccc(-c6ccccc6)cc5c4c3)c3ccc(-c4ccccc4)c4c3oc3ccccc34)cc2)cc1. The van der Waals surface area contributed by atoms with Crippen LogP contribution in [0.25, 0.3) is 75.5 Å². The van der Waals surface area contributed by atoms with Gasteiger partial charge in [0.1, 0.15) is 5.58 Å². The Morgan fingerprint density at radius 1 is 0.392 bits per heavy atom. The Morgan fingerprint density at radius 2 is 0.941 bits per heavy atom. The maximum Gasteiger partial charge on any atom is 0.160 e. The van der Waals surface area contributed by atoms with Crippen molar-refractivity contribution >= 4 is 70.5 Å². The molecule has 0 aliphatic heterocycles. The number of benzene rings is 8. The number of hydrogen-bond donors (Lipinski definition) is 0. The summed E-state index contributed by atoms with van der Waals surface area (Å²) in [5, 5.41) is 4.75. The van der Waals surface area contributed by atoms with Crippen LogP contribution in [-0.2, 0) is 0 Å². The van der Waals surface area contributed by atoms with E-state index in [9.17, 15) is 0 Å². The molecule has 0 spiro atoms. The van der Waals surface area contributed by atoms with Gasteiger partial charge >= 0.3 is 0 Å². The molecule has 0 unspecified atom stereocenters. The first-order valence-electron chi connectivity index (χ1n) is 17.3. The second kappa shape index (κ2) is 12.2. The van der Waals surface area contributed by atoms with Gasteiger partial charge in [0.25, 0.3) is 0 Å². The zero-order valence-electron chi connectivity index (χ0n) is 27.7. The van der Waals surface area contributed by atoms with Crippen LogP contribution < -0.4 is 4.90 Å². The third kappa shape index (κ3) is 5.10. The van der Waals surface area contributed by atoms with Gasteiger partial charge in [-0.2, -0.15) is 0 Å². The van der Waals surface area contributed by atoms with Crippen LogP contribution in [0.15, 0.2) is 192 Å². The van der Waals surface area contributed by atoms with E-state index >= 15 is 0 Å². The van der Waals surface area contributed by atoms with Crippen molar-refractivity contribution in [2.24, 2.45) is 0 Å². The number of anilines is 3. The molecular weight excluding hydrogens is 639 g/mol. The van der Waals surface area contributed by atoms with Gasteiger partial charge in [-0.1, -0.05) is 133 Å². The average Bonchev–Trinajstić information content (AvgIpc) is 3.78. The molecular formula is C48H31NOS. The topological polar surface area (TPSA) is 16.4 Å². The van der Waals surface area contributed by atoms with Gasteiger partial charge in [-0.3, -0.25) is 0 Å². The van der Waals surface area contributed by atoms with Crippen LogP contribution in [0, 0.1) is 0 Å². The number of thiophene rings is 1. The van der Waals surface area contributed by atoms with Gasteiger partial charge in [0.2, 0.25) is 0 Å². The second-order valence-corrected chi connectivity index (χ2v) is 14.0. The first-order valence-corrected chi connectivity index (χ1v) is 18.1. The molecule has 8 aromatic carbocycles. The molecule has 0 amide bonds. The number of fused-ring (bicyclic) bond motifs is 6. The van der Waals surface area contributed by atoms with Crippen LogP contribution in [-0.4, -0.2) is 0 Å². The van der Waals surface area contributed by atoms with E-state index in [0.29, 0.717) is 0 Å². The molecule has 2 aromatic heterocycles. The summed E-state index contributed by atoms with van der Waals surface area (Å²) in [7, 11) is 0. The minimum Gasteiger partial charge on any atom is -0.454 e. The first-order chi connectivity index (χ1) is 25.3. The second-order valence-electron chi connectivity index (χ2n) is 12.9. The van der Waals surface area contributed by atoms with Gasteiger partial charge in [-0.05, 0) is 88.0 Å². The van der Waals surface area contributed by atoms with Gasteiger partial charge in [0, 0.05) is 42.3 Å². The molecule has 2 heterocycles. The highest BCUT2D eigenvalue weighted by molar-refractivity contribution is 7.25. The lowest BCUT2D eigenvalue weighted by Gasteiger charge is -2.26. The highest BCUT2D eigenvalue weighted by atomic mass is 32.1. The summed E-state index contributed by atoms with van der Waals surface area (Å²) in [5.41, 5.74) is 12.0. The molecule has 0 saturated carbocycles. The summed E-state index contributed by atoms with van der Waals surface area (Å²) in [4.78, 5) is 2.36. The number of nitrogens with zero attached hydrogens (tertiary/aromatic N) is 1. The summed E-state index contributed by atoms with van der Waals surface area (Å²) in [5.74, 6) is 0. The molecule has 0 N–H and O–H groups in total. The Labute approximate surface area is 300 Å². The molecule has 0 aliphatic carbocycles. The normalized spacial score (nSPS) is 11.5. The third-order valence-electron chi connectivity index (χ3n) is 9.88.